The lowest BCUT2D eigenvalue weighted by atomic mass is 9.77. The van der Waals surface area contributed by atoms with Gasteiger partial charge in [-0.15, -0.1) is 0 Å². The number of nitrogens with zero attached hydrogens (tertiary/aromatic N) is 6. The Balaban J connectivity index is 0.912. The van der Waals surface area contributed by atoms with Crippen LogP contribution in [0.25, 0.3) is 0 Å². The van der Waals surface area contributed by atoms with Crippen LogP contribution >= 0.6 is 40.1 Å². The molecule has 0 aliphatic rings. The summed E-state index contributed by atoms with van der Waals surface area (Å²) >= 11 is 7.54. The van der Waals surface area contributed by atoms with Crippen LogP contribution in [0.3, 0.4) is 0 Å². The molecule has 0 aliphatic heterocycles. The first-order valence-corrected chi connectivity index (χ1v) is 22.8. The molecular formula is C48H43Br2N6O3P. The predicted octanol–water partition coefficient (Wildman–Crippen LogP) is 11.3. The van der Waals surface area contributed by atoms with E-state index in [1.165, 1.54) is 0 Å². The van der Waals surface area contributed by atoms with Crippen LogP contribution < -0.4 is 0 Å². The van der Waals surface area contributed by atoms with Gasteiger partial charge in [-0.2, -0.15) is 10.2 Å². The molecule has 6 aromatic carbocycles. The van der Waals surface area contributed by atoms with Gasteiger partial charge in [-0.3, -0.25) is 4.57 Å². The lowest BCUT2D eigenvalue weighted by Crippen LogP contribution is -2.38. The van der Waals surface area contributed by atoms with Gasteiger partial charge in [0.2, 0.25) is 0 Å². The first-order chi connectivity index (χ1) is 29.5. The summed E-state index contributed by atoms with van der Waals surface area (Å²) in [6, 6.07) is 62.0. The van der Waals surface area contributed by atoms with Crippen molar-refractivity contribution in [2.45, 2.75) is 33.6 Å². The summed E-state index contributed by atoms with van der Waals surface area (Å²) in [5.41, 5.74) is 4.78. The smallest absolute Gasteiger partial charge is 0.311 e. The zero-order valence-electron chi connectivity index (χ0n) is 32.6. The van der Waals surface area contributed by atoms with E-state index in [2.05, 4.69) is 105 Å². The Labute approximate surface area is 367 Å². The average molecular weight is 943 g/mol. The topological polar surface area (TPSA) is 97.0 Å². The van der Waals surface area contributed by atoms with Crippen LogP contribution in [-0.4, -0.2) is 42.7 Å². The highest BCUT2D eigenvalue weighted by atomic mass is 79.9. The molecule has 2 unspecified atom stereocenters. The second-order valence-corrected chi connectivity index (χ2v) is 17.5. The van der Waals surface area contributed by atoms with E-state index < -0.39 is 19.3 Å². The number of halogens is 2. The Morgan fingerprint density at radius 2 is 0.700 bits per heavy atom. The van der Waals surface area contributed by atoms with Crippen molar-refractivity contribution in [1.29, 1.82) is 0 Å². The van der Waals surface area contributed by atoms with Gasteiger partial charge >= 0.3 is 8.25 Å². The molecule has 302 valence electrons. The Kier molecular flexibility index (Phi) is 13.4. The SMILES string of the molecule is O=[PH](OCCC(Br)c1ncn(C(c2ccccc2)(c2ccccc2)c2ccccc2)n1)OCCC(Br)c1ncn(C(c2ccccc2)(c2ccccc2)c2ccccc2)n1. The lowest BCUT2D eigenvalue weighted by molar-refractivity contribution is 0.221. The summed E-state index contributed by atoms with van der Waals surface area (Å²) in [7, 11) is -2.78. The number of aromatic nitrogens is 6. The van der Waals surface area contributed by atoms with Crippen LogP contribution in [0.4, 0.5) is 0 Å². The van der Waals surface area contributed by atoms with Crippen molar-refractivity contribution in [2.24, 2.45) is 0 Å². The Bertz CT molecular complexity index is 2190. The van der Waals surface area contributed by atoms with E-state index in [9.17, 15) is 4.57 Å². The van der Waals surface area contributed by atoms with E-state index in [0.29, 0.717) is 24.5 Å². The molecule has 0 amide bonds. The van der Waals surface area contributed by atoms with E-state index in [4.69, 9.17) is 29.2 Å². The second kappa shape index (κ2) is 19.4. The fourth-order valence-corrected chi connectivity index (χ4v) is 9.27. The molecule has 0 radical (unpaired) electrons. The summed E-state index contributed by atoms with van der Waals surface area (Å²) in [6.45, 7) is 0.376. The highest BCUT2D eigenvalue weighted by Crippen LogP contribution is 2.42. The minimum Gasteiger partial charge on any atom is -0.311 e. The number of rotatable bonds is 18. The van der Waals surface area contributed by atoms with E-state index in [1.54, 1.807) is 12.7 Å². The van der Waals surface area contributed by atoms with Gasteiger partial charge in [-0.1, -0.05) is 214 Å². The highest BCUT2D eigenvalue weighted by molar-refractivity contribution is 9.09. The van der Waals surface area contributed by atoms with Gasteiger partial charge < -0.3 is 9.05 Å². The van der Waals surface area contributed by atoms with Crippen LogP contribution in [0.2, 0.25) is 0 Å². The quantitative estimate of drug-likeness (QED) is 0.0480. The molecule has 9 nitrogen and oxygen atoms in total. The summed E-state index contributed by atoms with van der Waals surface area (Å²) < 4.78 is 28.2. The number of alkyl halides is 2. The average Bonchev–Trinajstić information content (AvgIpc) is 4.02. The van der Waals surface area contributed by atoms with Crippen molar-refractivity contribution < 1.29 is 13.6 Å². The highest BCUT2D eigenvalue weighted by Gasteiger charge is 2.41. The van der Waals surface area contributed by atoms with Crippen LogP contribution in [0.1, 0.15) is 67.5 Å². The van der Waals surface area contributed by atoms with Gasteiger partial charge in [-0.05, 0) is 46.2 Å². The van der Waals surface area contributed by atoms with Crippen molar-refractivity contribution in [3.63, 3.8) is 0 Å². The Hall–Kier alpha value is -5.29. The van der Waals surface area contributed by atoms with Gasteiger partial charge in [-0.25, -0.2) is 19.3 Å². The van der Waals surface area contributed by atoms with Crippen molar-refractivity contribution in [2.75, 3.05) is 13.2 Å². The summed E-state index contributed by atoms with van der Waals surface area (Å²) in [5.74, 6) is 1.19. The molecule has 2 atom stereocenters. The maximum Gasteiger partial charge on any atom is 0.319 e. The molecule has 2 heterocycles. The van der Waals surface area contributed by atoms with E-state index in [0.717, 1.165) is 33.4 Å². The molecule has 0 spiro atoms. The first kappa shape index (κ1) is 41.4. The monoisotopic (exact) mass is 940 g/mol. The molecule has 0 bridgehead atoms. The number of hydrogen-bond donors (Lipinski definition) is 0. The third kappa shape index (κ3) is 8.51. The summed E-state index contributed by atoms with van der Waals surface area (Å²) in [5, 5.41) is 10.1. The molecule has 60 heavy (non-hydrogen) atoms. The second-order valence-electron chi connectivity index (χ2n) is 14.2. The number of hydrogen-bond acceptors (Lipinski definition) is 7. The molecule has 0 saturated heterocycles. The molecule has 0 aliphatic carbocycles. The van der Waals surface area contributed by atoms with Gasteiger partial charge in [0.25, 0.3) is 0 Å². The Morgan fingerprint density at radius 1 is 0.450 bits per heavy atom. The third-order valence-electron chi connectivity index (χ3n) is 10.6. The minimum absolute atomic E-state index is 0.188. The van der Waals surface area contributed by atoms with Crippen LogP contribution in [-0.2, 0) is 24.7 Å². The molecule has 0 fully saturated rings. The van der Waals surface area contributed by atoms with Crippen molar-refractivity contribution >= 4 is 40.1 Å². The fraction of sp³-hybridized carbons (Fsp3) is 0.167. The Morgan fingerprint density at radius 3 is 0.950 bits per heavy atom. The van der Waals surface area contributed by atoms with Crippen LogP contribution in [0.15, 0.2) is 195 Å². The molecule has 0 N–H and O–H groups in total. The van der Waals surface area contributed by atoms with Crippen molar-refractivity contribution in [1.82, 2.24) is 29.5 Å². The minimum atomic E-state index is -2.78. The van der Waals surface area contributed by atoms with Gasteiger partial charge in [0, 0.05) is 0 Å². The lowest BCUT2D eigenvalue weighted by Gasteiger charge is -2.35. The maximum absolute atomic E-state index is 12.9. The normalized spacial score (nSPS) is 13.4. The zero-order chi connectivity index (χ0) is 41.2. The molecular weight excluding hydrogens is 899 g/mol. The van der Waals surface area contributed by atoms with Gasteiger partial charge in [0.05, 0.1) is 22.9 Å². The zero-order valence-corrected chi connectivity index (χ0v) is 36.8. The third-order valence-corrected chi connectivity index (χ3v) is 13.2. The summed E-state index contributed by atoms with van der Waals surface area (Å²) in [4.78, 5) is 9.00. The number of benzene rings is 6. The molecule has 0 saturated carbocycles. The fourth-order valence-electron chi connectivity index (χ4n) is 7.82. The summed E-state index contributed by atoms with van der Waals surface area (Å²) in [6.07, 6.45) is 4.52. The van der Waals surface area contributed by atoms with Crippen LogP contribution in [0, 0.1) is 0 Å². The predicted molar refractivity (Wildman–Crippen MR) is 243 cm³/mol. The van der Waals surface area contributed by atoms with E-state index in [1.807, 2.05) is 119 Å². The van der Waals surface area contributed by atoms with Gasteiger partial charge in [0.15, 0.2) is 11.6 Å². The molecule has 12 heteroatoms. The van der Waals surface area contributed by atoms with Crippen molar-refractivity contribution in [3.05, 3.63) is 240 Å². The molecule has 8 aromatic rings. The molecule has 2 aromatic heterocycles. The van der Waals surface area contributed by atoms with E-state index >= 15 is 0 Å². The van der Waals surface area contributed by atoms with E-state index in [-0.39, 0.29) is 22.9 Å². The standard InChI is InChI=1S/C48H43Br2N6O3P/c49-43(45-51-35-55(53-45)47(37-19-7-1-8-20-37,38-21-9-2-10-22-38)39-23-11-3-12-24-39)31-33-58-60(57)59-34-32-44(50)46-52-36-56(54-46)48(40-25-13-4-14-26-40,41-27-15-5-16-28-41)42-29-17-6-18-30-42/h1-30,35-36,43-44,60H,31-34H2. The largest absolute Gasteiger partial charge is 0.319 e. The first-order valence-electron chi connectivity index (χ1n) is 19.8. The van der Waals surface area contributed by atoms with Crippen LogP contribution in [0.5, 0.6) is 0 Å². The molecule has 8 rings (SSSR count). The van der Waals surface area contributed by atoms with Crippen molar-refractivity contribution in [3.8, 4) is 0 Å². The maximum atomic E-state index is 12.9. The van der Waals surface area contributed by atoms with Gasteiger partial charge in [0.1, 0.15) is 23.7 Å².